The van der Waals surface area contributed by atoms with Gasteiger partial charge in [-0.3, -0.25) is 4.90 Å². The van der Waals surface area contributed by atoms with Gasteiger partial charge in [-0.1, -0.05) is 30.3 Å². The van der Waals surface area contributed by atoms with E-state index in [1.54, 1.807) is 7.11 Å². The molecular formula is C13H19NO2. The first-order chi connectivity index (χ1) is 7.79. The van der Waals surface area contributed by atoms with Gasteiger partial charge in [0.1, 0.15) is 0 Å². The molecule has 1 aromatic rings. The molecule has 0 unspecified atom stereocenters. The Morgan fingerprint density at radius 1 is 1.38 bits per heavy atom. The summed E-state index contributed by atoms with van der Waals surface area (Å²) in [5, 5.41) is 9.68. The smallest absolute Gasteiger partial charge is 0.0683 e. The van der Waals surface area contributed by atoms with E-state index >= 15 is 0 Å². The third-order valence-electron chi connectivity index (χ3n) is 3.09. The fraction of sp³-hybridized carbons (Fsp3) is 0.538. The van der Waals surface area contributed by atoms with E-state index in [1.807, 2.05) is 18.2 Å². The molecule has 3 heteroatoms. The number of rotatable bonds is 4. The van der Waals surface area contributed by atoms with Gasteiger partial charge in [0, 0.05) is 26.2 Å². The first-order valence-corrected chi connectivity index (χ1v) is 5.74. The summed E-state index contributed by atoms with van der Waals surface area (Å²) in [4.78, 5) is 2.30. The minimum absolute atomic E-state index is 0.205. The number of aliphatic hydroxyl groups excluding tert-OH is 1. The van der Waals surface area contributed by atoms with Gasteiger partial charge in [0.25, 0.3) is 0 Å². The molecule has 1 heterocycles. The van der Waals surface area contributed by atoms with Crippen molar-refractivity contribution in [3.8, 4) is 0 Å². The van der Waals surface area contributed by atoms with Crippen LogP contribution in [0.25, 0.3) is 0 Å². The number of benzene rings is 1. The van der Waals surface area contributed by atoms with Crippen LogP contribution in [0.15, 0.2) is 30.3 Å². The van der Waals surface area contributed by atoms with Gasteiger partial charge in [0.2, 0.25) is 0 Å². The molecule has 88 valence electrons. The molecule has 0 radical (unpaired) electrons. The number of hydrogen-bond donors (Lipinski definition) is 1. The molecule has 0 aromatic heterocycles. The molecule has 2 rings (SSSR count). The molecule has 3 nitrogen and oxygen atoms in total. The van der Waals surface area contributed by atoms with E-state index in [-0.39, 0.29) is 6.10 Å². The Morgan fingerprint density at radius 2 is 2.12 bits per heavy atom. The van der Waals surface area contributed by atoms with Crippen molar-refractivity contribution >= 4 is 0 Å². The maximum Gasteiger partial charge on any atom is 0.0683 e. The number of nitrogens with zero attached hydrogens (tertiary/aromatic N) is 1. The summed E-state index contributed by atoms with van der Waals surface area (Å²) >= 11 is 0. The highest BCUT2D eigenvalue weighted by Crippen LogP contribution is 2.20. The van der Waals surface area contributed by atoms with Crippen molar-refractivity contribution < 1.29 is 9.84 Å². The number of ether oxygens (including phenoxy) is 1. The zero-order valence-corrected chi connectivity index (χ0v) is 9.67. The van der Waals surface area contributed by atoms with Gasteiger partial charge < -0.3 is 9.84 Å². The minimum Gasteiger partial charge on any atom is -0.392 e. The van der Waals surface area contributed by atoms with Crippen LogP contribution in [0.1, 0.15) is 12.0 Å². The first-order valence-electron chi connectivity index (χ1n) is 5.74. The summed E-state index contributed by atoms with van der Waals surface area (Å²) in [6.07, 6.45) is 0.615. The lowest BCUT2D eigenvalue weighted by Crippen LogP contribution is -2.32. The first kappa shape index (κ1) is 11.6. The predicted molar refractivity (Wildman–Crippen MR) is 63.1 cm³/mol. The van der Waals surface area contributed by atoms with Gasteiger partial charge in [0.05, 0.1) is 12.7 Å². The van der Waals surface area contributed by atoms with Crippen LogP contribution < -0.4 is 0 Å². The van der Waals surface area contributed by atoms with Crippen LogP contribution in [-0.2, 0) is 11.3 Å². The highest BCUT2D eigenvalue weighted by atomic mass is 16.5. The summed E-state index contributed by atoms with van der Waals surface area (Å²) < 4.78 is 5.19. The zero-order valence-electron chi connectivity index (χ0n) is 9.67. The molecule has 0 aliphatic carbocycles. The largest absolute Gasteiger partial charge is 0.392 e. The molecule has 16 heavy (non-hydrogen) atoms. The second-order valence-corrected chi connectivity index (χ2v) is 4.41. The van der Waals surface area contributed by atoms with Crippen LogP contribution in [0.4, 0.5) is 0 Å². The summed E-state index contributed by atoms with van der Waals surface area (Å²) in [5.41, 5.74) is 1.29. The summed E-state index contributed by atoms with van der Waals surface area (Å²) in [7, 11) is 1.71. The summed E-state index contributed by atoms with van der Waals surface area (Å²) in [5.74, 6) is 0. The normalized spacial score (nSPS) is 26.1. The van der Waals surface area contributed by atoms with Crippen LogP contribution in [0.3, 0.4) is 0 Å². The Labute approximate surface area is 96.6 Å². The number of β-amino-alcohol motifs (C(OH)–C–C–N with tert-alkyl or cyclic N) is 1. The van der Waals surface area contributed by atoms with Crippen LogP contribution >= 0.6 is 0 Å². The van der Waals surface area contributed by atoms with Gasteiger partial charge in [-0.15, -0.1) is 0 Å². The Balaban J connectivity index is 1.97. The minimum atomic E-state index is -0.205. The van der Waals surface area contributed by atoms with Crippen LogP contribution in [0, 0.1) is 0 Å². The van der Waals surface area contributed by atoms with Gasteiger partial charge in [-0.25, -0.2) is 0 Å². The van der Waals surface area contributed by atoms with Crippen LogP contribution in [0.2, 0.25) is 0 Å². The molecular weight excluding hydrogens is 202 g/mol. The van der Waals surface area contributed by atoms with Crippen molar-refractivity contribution in [2.24, 2.45) is 0 Å². The molecule has 1 aliphatic rings. The van der Waals surface area contributed by atoms with Crippen molar-refractivity contribution in [1.29, 1.82) is 0 Å². The van der Waals surface area contributed by atoms with E-state index in [0.29, 0.717) is 12.6 Å². The SMILES string of the molecule is COC[C@H]1C[C@@H](O)CN1Cc1ccccc1. The van der Waals surface area contributed by atoms with E-state index in [9.17, 15) is 5.11 Å². The molecule has 0 bridgehead atoms. The fourth-order valence-corrected chi connectivity index (χ4v) is 2.33. The summed E-state index contributed by atoms with van der Waals surface area (Å²) in [6, 6.07) is 10.7. The molecule has 0 amide bonds. The van der Waals surface area contributed by atoms with E-state index in [1.165, 1.54) is 5.56 Å². The molecule has 1 fully saturated rings. The van der Waals surface area contributed by atoms with Crippen molar-refractivity contribution in [2.45, 2.75) is 25.1 Å². The standard InChI is InChI=1S/C13H19NO2/c1-16-10-12-7-13(15)9-14(12)8-11-5-3-2-4-6-11/h2-6,12-13,15H,7-10H2,1H3/t12-,13-/m1/s1. The monoisotopic (exact) mass is 221 g/mol. The molecule has 1 aromatic carbocycles. The van der Waals surface area contributed by atoms with Crippen molar-refractivity contribution in [3.63, 3.8) is 0 Å². The zero-order chi connectivity index (χ0) is 11.4. The Kier molecular flexibility index (Phi) is 3.93. The second kappa shape index (κ2) is 5.43. The van der Waals surface area contributed by atoms with Crippen molar-refractivity contribution in [3.05, 3.63) is 35.9 Å². The fourth-order valence-electron chi connectivity index (χ4n) is 2.33. The highest BCUT2D eigenvalue weighted by molar-refractivity contribution is 5.15. The summed E-state index contributed by atoms with van der Waals surface area (Å²) in [6.45, 7) is 2.35. The van der Waals surface area contributed by atoms with Gasteiger partial charge >= 0.3 is 0 Å². The van der Waals surface area contributed by atoms with Crippen LogP contribution in [0.5, 0.6) is 0 Å². The quantitative estimate of drug-likeness (QED) is 0.831. The average molecular weight is 221 g/mol. The Hall–Kier alpha value is -0.900. The van der Waals surface area contributed by atoms with Gasteiger partial charge in [0.15, 0.2) is 0 Å². The maximum absolute atomic E-state index is 9.68. The lowest BCUT2D eigenvalue weighted by atomic mass is 10.2. The lowest BCUT2D eigenvalue weighted by Gasteiger charge is -2.23. The third kappa shape index (κ3) is 2.82. The third-order valence-corrected chi connectivity index (χ3v) is 3.09. The number of hydrogen-bond acceptors (Lipinski definition) is 3. The van der Waals surface area contributed by atoms with Gasteiger partial charge in [-0.05, 0) is 12.0 Å². The number of aliphatic hydroxyl groups is 1. The Bertz CT molecular complexity index is 315. The van der Waals surface area contributed by atoms with E-state index in [2.05, 4.69) is 17.0 Å². The van der Waals surface area contributed by atoms with Crippen LogP contribution in [-0.4, -0.2) is 42.4 Å². The molecule has 0 spiro atoms. The Morgan fingerprint density at radius 3 is 2.81 bits per heavy atom. The molecule has 2 atom stereocenters. The predicted octanol–water partition coefficient (Wildman–Crippen LogP) is 1.27. The second-order valence-electron chi connectivity index (χ2n) is 4.41. The number of likely N-dealkylation sites (tertiary alicyclic amines) is 1. The molecule has 1 aliphatic heterocycles. The molecule has 1 N–H and O–H groups in total. The highest BCUT2D eigenvalue weighted by Gasteiger charge is 2.30. The van der Waals surface area contributed by atoms with E-state index < -0.39 is 0 Å². The lowest BCUT2D eigenvalue weighted by molar-refractivity contribution is 0.111. The van der Waals surface area contributed by atoms with E-state index in [4.69, 9.17) is 4.74 Å². The van der Waals surface area contributed by atoms with E-state index in [0.717, 1.165) is 19.5 Å². The topological polar surface area (TPSA) is 32.7 Å². The van der Waals surface area contributed by atoms with Crippen molar-refractivity contribution in [1.82, 2.24) is 4.90 Å². The average Bonchev–Trinajstić information content (AvgIpc) is 2.61. The number of methoxy groups -OCH3 is 1. The van der Waals surface area contributed by atoms with Crippen molar-refractivity contribution in [2.75, 3.05) is 20.3 Å². The van der Waals surface area contributed by atoms with Gasteiger partial charge in [-0.2, -0.15) is 0 Å². The molecule has 1 saturated heterocycles. The maximum atomic E-state index is 9.68. The molecule has 0 saturated carbocycles.